The van der Waals surface area contributed by atoms with Crippen molar-refractivity contribution in [3.63, 3.8) is 0 Å². The van der Waals surface area contributed by atoms with E-state index in [1.807, 2.05) is 13.8 Å². The Morgan fingerprint density at radius 1 is 0.591 bits per heavy atom. The van der Waals surface area contributed by atoms with E-state index in [1.54, 1.807) is 0 Å². The molecule has 8 atom stereocenters. The van der Waals surface area contributed by atoms with Gasteiger partial charge in [-0.2, -0.15) is 0 Å². The quantitative estimate of drug-likeness (QED) is 0.106. The summed E-state index contributed by atoms with van der Waals surface area (Å²) in [7, 11) is 0. The number of unbranched alkanes of at least 4 members (excludes halogenated alkanes) is 2. The summed E-state index contributed by atoms with van der Waals surface area (Å²) in [6.45, 7) is 35.5. The van der Waals surface area contributed by atoms with Gasteiger partial charge in [0.05, 0.1) is 0 Å². The molecule has 0 aromatic carbocycles. The number of hydrogen-bond acceptors (Lipinski definition) is 0. The first-order chi connectivity index (χ1) is 20.9. The maximum absolute atomic E-state index is 2.58. The molecule has 0 aromatic rings. The third-order valence-corrected chi connectivity index (χ3v) is 12.0. The van der Waals surface area contributed by atoms with Crippen molar-refractivity contribution >= 4 is 0 Å². The minimum Gasteiger partial charge on any atom is -0.0683 e. The minimum atomic E-state index is 0.877. The summed E-state index contributed by atoms with van der Waals surface area (Å²) in [5, 5.41) is 0. The second kappa shape index (κ2) is 29.2. The third-order valence-electron chi connectivity index (χ3n) is 12.0. The maximum Gasteiger partial charge on any atom is -0.0363 e. The first kappa shape index (κ1) is 46.1. The summed E-state index contributed by atoms with van der Waals surface area (Å²) in [5.74, 6) is 10.3. The molecule has 268 valence electrons. The van der Waals surface area contributed by atoms with Crippen molar-refractivity contribution in [3.05, 3.63) is 0 Å². The van der Waals surface area contributed by atoms with Crippen LogP contribution in [0.1, 0.15) is 219 Å². The maximum atomic E-state index is 2.58. The molecule has 8 unspecified atom stereocenters. The van der Waals surface area contributed by atoms with Crippen molar-refractivity contribution in [1.29, 1.82) is 0 Å². The molecule has 1 fully saturated rings. The van der Waals surface area contributed by atoms with Crippen LogP contribution in [0.15, 0.2) is 0 Å². The first-order valence-corrected chi connectivity index (χ1v) is 20.9. The molecule has 0 bridgehead atoms. The first-order valence-electron chi connectivity index (χ1n) is 20.9. The van der Waals surface area contributed by atoms with E-state index in [0.717, 1.165) is 65.1 Å². The van der Waals surface area contributed by atoms with Gasteiger partial charge in [-0.15, -0.1) is 0 Å². The van der Waals surface area contributed by atoms with Crippen LogP contribution in [0.2, 0.25) is 0 Å². The smallest absolute Gasteiger partial charge is 0.0363 e. The highest BCUT2D eigenvalue weighted by Gasteiger charge is 2.35. The highest BCUT2D eigenvalue weighted by Crippen LogP contribution is 2.45. The van der Waals surface area contributed by atoms with Gasteiger partial charge in [0, 0.05) is 0 Å². The van der Waals surface area contributed by atoms with Crippen LogP contribution in [0.25, 0.3) is 0 Å². The van der Waals surface area contributed by atoms with Crippen LogP contribution in [0.3, 0.4) is 0 Å². The molecular weight excluding hydrogens is 528 g/mol. The Bertz CT molecular complexity index is 569. The molecule has 44 heavy (non-hydrogen) atoms. The average molecular weight is 621 g/mol. The van der Waals surface area contributed by atoms with Gasteiger partial charge < -0.3 is 0 Å². The van der Waals surface area contributed by atoms with Gasteiger partial charge in [-0.25, -0.2) is 0 Å². The van der Waals surface area contributed by atoms with Gasteiger partial charge in [0.2, 0.25) is 0 Å². The zero-order valence-electron chi connectivity index (χ0n) is 34.1. The van der Waals surface area contributed by atoms with E-state index in [2.05, 4.69) is 90.0 Å². The van der Waals surface area contributed by atoms with Crippen LogP contribution in [-0.4, -0.2) is 0 Å². The summed E-state index contributed by atoms with van der Waals surface area (Å²) < 4.78 is 0. The van der Waals surface area contributed by atoms with Gasteiger partial charge >= 0.3 is 0 Å². The lowest BCUT2D eigenvalue weighted by Gasteiger charge is -2.42. The average Bonchev–Trinajstić information content (AvgIpc) is 3.01. The Balaban J connectivity index is 0. The topological polar surface area (TPSA) is 0 Å². The Labute approximate surface area is 283 Å². The van der Waals surface area contributed by atoms with Gasteiger partial charge in [-0.3, -0.25) is 0 Å². The number of hydrogen-bond donors (Lipinski definition) is 0. The predicted octanol–water partition coefficient (Wildman–Crippen LogP) is 16.1. The lowest BCUT2D eigenvalue weighted by molar-refractivity contribution is 0.0811. The van der Waals surface area contributed by atoms with E-state index in [1.165, 1.54) is 116 Å². The molecule has 0 heteroatoms. The molecule has 1 rings (SSSR count). The fourth-order valence-corrected chi connectivity index (χ4v) is 8.84. The fourth-order valence-electron chi connectivity index (χ4n) is 8.84. The van der Waals surface area contributed by atoms with E-state index >= 15 is 0 Å². The van der Waals surface area contributed by atoms with Crippen molar-refractivity contribution in [2.45, 2.75) is 219 Å². The van der Waals surface area contributed by atoms with E-state index in [9.17, 15) is 0 Å². The normalized spacial score (nSPS) is 22.1. The highest BCUT2D eigenvalue weighted by molar-refractivity contribution is 4.85. The molecule has 0 aliphatic heterocycles. The van der Waals surface area contributed by atoms with E-state index < -0.39 is 0 Å². The van der Waals surface area contributed by atoms with Crippen LogP contribution in [-0.2, 0) is 0 Å². The zero-order chi connectivity index (χ0) is 34.1. The monoisotopic (exact) mass is 621 g/mol. The van der Waals surface area contributed by atoms with Gasteiger partial charge in [0.25, 0.3) is 0 Å². The Hall–Kier alpha value is 0. The van der Waals surface area contributed by atoms with Crippen LogP contribution in [0, 0.1) is 65.1 Å². The molecule has 1 aliphatic carbocycles. The molecule has 0 spiro atoms. The standard InChI is InChI=1S/C25H50.C17H36.C2H6/c1-9-12-23(13-10-2)20(7)16-19(6)21(8)24-14-15-25(18(4)5)22(11-3)17-24;1-6-8-11-16(5)12-9-10-13-17(7-2)14-15(3)4;1-2/h18-25H,9-17H2,1-8H3;15-17H,6-14H2,1-5H3;1-2H3. The van der Waals surface area contributed by atoms with E-state index in [-0.39, 0.29) is 0 Å². The molecule has 0 aromatic heterocycles. The van der Waals surface area contributed by atoms with Crippen LogP contribution >= 0.6 is 0 Å². The van der Waals surface area contributed by atoms with Crippen molar-refractivity contribution in [3.8, 4) is 0 Å². The molecule has 0 heterocycles. The second-order valence-electron chi connectivity index (χ2n) is 16.5. The summed E-state index contributed by atoms with van der Waals surface area (Å²) in [4.78, 5) is 0. The Morgan fingerprint density at radius 2 is 1.16 bits per heavy atom. The highest BCUT2D eigenvalue weighted by atomic mass is 14.4. The van der Waals surface area contributed by atoms with E-state index in [0.29, 0.717) is 0 Å². The summed E-state index contributed by atoms with van der Waals surface area (Å²) >= 11 is 0. The van der Waals surface area contributed by atoms with Crippen molar-refractivity contribution in [2.24, 2.45) is 65.1 Å². The molecule has 0 saturated heterocycles. The second-order valence-corrected chi connectivity index (χ2v) is 16.5. The molecule has 0 radical (unpaired) electrons. The SMILES string of the molecule is CC.CCCC(CCC)C(C)CC(C)C(C)C1CCC(C(C)C)C(CC)C1.CCCCC(C)CCCCC(CC)CC(C)C. The molecule has 0 nitrogen and oxygen atoms in total. The lowest BCUT2D eigenvalue weighted by Crippen LogP contribution is -2.33. The van der Waals surface area contributed by atoms with Crippen LogP contribution in [0.5, 0.6) is 0 Å². The summed E-state index contributed by atoms with van der Waals surface area (Å²) in [5.41, 5.74) is 0. The Morgan fingerprint density at radius 3 is 1.64 bits per heavy atom. The third kappa shape index (κ3) is 21.0. The van der Waals surface area contributed by atoms with Crippen molar-refractivity contribution < 1.29 is 0 Å². The van der Waals surface area contributed by atoms with E-state index in [4.69, 9.17) is 0 Å². The molecule has 0 amide bonds. The molecule has 1 saturated carbocycles. The lowest BCUT2D eigenvalue weighted by atomic mass is 9.63. The van der Waals surface area contributed by atoms with Gasteiger partial charge in [0.15, 0.2) is 0 Å². The van der Waals surface area contributed by atoms with Gasteiger partial charge in [-0.1, -0.05) is 187 Å². The number of rotatable bonds is 22. The van der Waals surface area contributed by atoms with Crippen molar-refractivity contribution in [1.82, 2.24) is 0 Å². The minimum absolute atomic E-state index is 0.877. The zero-order valence-corrected chi connectivity index (χ0v) is 34.1. The van der Waals surface area contributed by atoms with Crippen LogP contribution in [0.4, 0.5) is 0 Å². The molecule has 1 aliphatic rings. The van der Waals surface area contributed by atoms with Gasteiger partial charge in [0.1, 0.15) is 0 Å². The van der Waals surface area contributed by atoms with Crippen molar-refractivity contribution in [2.75, 3.05) is 0 Å². The van der Waals surface area contributed by atoms with Gasteiger partial charge in [-0.05, 0) is 97.2 Å². The summed E-state index contributed by atoms with van der Waals surface area (Å²) in [6, 6.07) is 0. The fraction of sp³-hybridized carbons (Fsp3) is 1.00. The Kier molecular flexibility index (Phi) is 30.6. The molecule has 0 N–H and O–H groups in total. The molecular formula is C44H92. The predicted molar refractivity (Wildman–Crippen MR) is 207 cm³/mol. The largest absolute Gasteiger partial charge is 0.0683 e. The van der Waals surface area contributed by atoms with Crippen LogP contribution < -0.4 is 0 Å². The summed E-state index contributed by atoms with van der Waals surface area (Å²) in [6.07, 6.45) is 25.8.